The van der Waals surface area contributed by atoms with E-state index in [9.17, 15) is 9.59 Å². The zero-order valence-electron chi connectivity index (χ0n) is 9.51. The number of aromatic nitrogens is 1. The minimum atomic E-state index is -0.465. The zero-order valence-corrected chi connectivity index (χ0v) is 9.51. The summed E-state index contributed by atoms with van der Waals surface area (Å²) in [7, 11) is 0. The smallest absolute Gasteiger partial charge is 0.252 e. The van der Waals surface area contributed by atoms with Crippen LogP contribution in [0.25, 0.3) is 0 Å². The molecular weight excluding hydrogens is 222 g/mol. The molecule has 92 valence electrons. The van der Waals surface area contributed by atoms with Crippen molar-refractivity contribution in [3.63, 3.8) is 0 Å². The summed E-state index contributed by atoms with van der Waals surface area (Å²) in [6.07, 6.45) is 3.22. The Bertz CT molecular complexity index is 381. The third-order valence-corrected chi connectivity index (χ3v) is 2.19. The fraction of sp³-hybridized carbons (Fsp3) is 0.364. The summed E-state index contributed by atoms with van der Waals surface area (Å²) in [6, 6.07) is 3.34. The Balaban J connectivity index is 2.36. The Morgan fingerprint density at radius 3 is 2.88 bits per heavy atom. The summed E-state index contributed by atoms with van der Waals surface area (Å²) >= 11 is 0. The number of nitrogens with zero attached hydrogens (tertiary/aromatic N) is 1. The van der Waals surface area contributed by atoms with Crippen molar-refractivity contribution >= 4 is 11.8 Å². The molecule has 0 aliphatic carbocycles. The maximum Gasteiger partial charge on any atom is 0.252 e. The van der Waals surface area contributed by atoms with Crippen LogP contribution in [-0.2, 0) is 4.79 Å². The van der Waals surface area contributed by atoms with E-state index in [4.69, 9.17) is 5.21 Å². The Kier molecular flexibility index (Phi) is 5.09. The van der Waals surface area contributed by atoms with Gasteiger partial charge in [0.1, 0.15) is 0 Å². The van der Waals surface area contributed by atoms with Crippen LogP contribution in [0.15, 0.2) is 24.5 Å². The van der Waals surface area contributed by atoms with Gasteiger partial charge in [-0.15, -0.1) is 0 Å². The van der Waals surface area contributed by atoms with Gasteiger partial charge in [0.05, 0.1) is 5.56 Å². The van der Waals surface area contributed by atoms with Gasteiger partial charge in [-0.1, -0.05) is 6.92 Å². The lowest BCUT2D eigenvalue weighted by Gasteiger charge is -2.11. The summed E-state index contributed by atoms with van der Waals surface area (Å²) in [5.41, 5.74) is 2.03. The van der Waals surface area contributed by atoms with Crippen molar-refractivity contribution in [3.8, 4) is 0 Å². The maximum atomic E-state index is 11.6. The topological polar surface area (TPSA) is 91.3 Å². The monoisotopic (exact) mass is 237 g/mol. The molecule has 0 fully saturated rings. The molecule has 0 aliphatic heterocycles. The third-order valence-electron chi connectivity index (χ3n) is 2.19. The van der Waals surface area contributed by atoms with Crippen LogP contribution >= 0.6 is 0 Å². The average molecular weight is 237 g/mol. The van der Waals surface area contributed by atoms with Crippen molar-refractivity contribution in [2.24, 2.45) is 5.92 Å². The van der Waals surface area contributed by atoms with Gasteiger partial charge in [-0.05, 0) is 18.1 Å². The molecule has 1 aromatic heterocycles. The van der Waals surface area contributed by atoms with Crippen LogP contribution in [-0.4, -0.2) is 28.6 Å². The summed E-state index contributed by atoms with van der Waals surface area (Å²) in [4.78, 5) is 26.3. The number of hydroxylamine groups is 1. The summed E-state index contributed by atoms with van der Waals surface area (Å²) in [6.45, 7) is 2.17. The molecule has 3 N–H and O–H groups in total. The molecule has 0 spiro atoms. The quantitative estimate of drug-likeness (QED) is 0.509. The van der Waals surface area contributed by atoms with E-state index in [0.29, 0.717) is 12.1 Å². The Morgan fingerprint density at radius 1 is 1.53 bits per heavy atom. The number of nitrogens with one attached hydrogen (secondary N) is 2. The molecule has 0 aliphatic rings. The highest BCUT2D eigenvalue weighted by atomic mass is 16.5. The predicted molar refractivity (Wildman–Crippen MR) is 60.3 cm³/mol. The normalized spacial score (nSPS) is 11.6. The van der Waals surface area contributed by atoms with E-state index in [1.165, 1.54) is 6.20 Å². The van der Waals surface area contributed by atoms with Crippen molar-refractivity contribution < 1.29 is 14.8 Å². The second kappa shape index (κ2) is 6.59. The molecule has 1 heterocycles. The first-order chi connectivity index (χ1) is 8.13. The van der Waals surface area contributed by atoms with Crippen LogP contribution in [0.3, 0.4) is 0 Å². The van der Waals surface area contributed by atoms with E-state index in [1.807, 2.05) is 0 Å². The Labute approximate surface area is 99.0 Å². The fourth-order valence-corrected chi connectivity index (χ4v) is 1.30. The molecule has 0 saturated carbocycles. The molecule has 0 radical (unpaired) electrons. The maximum absolute atomic E-state index is 11.6. The minimum absolute atomic E-state index is 0.0530. The number of pyridine rings is 1. The second-order valence-corrected chi connectivity index (χ2v) is 3.80. The lowest BCUT2D eigenvalue weighted by molar-refractivity contribution is -0.130. The highest BCUT2D eigenvalue weighted by molar-refractivity contribution is 5.93. The van der Waals surface area contributed by atoms with Crippen molar-refractivity contribution in [1.82, 2.24) is 15.8 Å². The number of carbonyl (C=O) groups excluding carboxylic acids is 2. The average Bonchev–Trinajstić information content (AvgIpc) is 2.36. The fourth-order valence-electron chi connectivity index (χ4n) is 1.30. The number of hydrogen-bond acceptors (Lipinski definition) is 4. The largest absolute Gasteiger partial charge is 0.352 e. The number of carbonyl (C=O) groups is 2. The van der Waals surface area contributed by atoms with Crippen LogP contribution in [0, 0.1) is 5.92 Å². The van der Waals surface area contributed by atoms with Crippen molar-refractivity contribution in [2.45, 2.75) is 13.3 Å². The molecule has 0 aromatic carbocycles. The lowest BCUT2D eigenvalue weighted by atomic mass is 10.1. The molecular formula is C11H15N3O3. The molecule has 1 atom stereocenters. The van der Waals surface area contributed by atoms with Gasteiger partial charge in [0, 0.05) is 25.4 Å². The number of rotatable bonds is 5. The first-order valence-corrected chi connectivity index (χ1v) is 5.24. The molecule has 1 rings (SSSR count). The van der Waals surface area contributed by atoms with E-state index >= 15 is 0 Å². The van der Waals surface area contributed by atoms with E-state index < -0.39 is 5.91 Å². The van der Waals surface area contributed by atoms with E-state index in [1.54, 1.807) is 30.7 Å². The minimum Gasteiger partial charge on any atom is -0.352 e. The van der Waals surface area contributed by atoms with E-state index in [2.05, 4.69) is 10.3 Å². The van der Waals surface area contributed by atoms with Gasteiger partial charge in [-0.2, -0.15) is 0 Å². The third kappa shape index (κ3) is 4.60. The van der Waals surface area contributed by atoms with Gasteiger partial charge in [-0.3, -0.25) is 19.8 Å². The summed E-state index contributed by atoms with van der Waals surface area (Å²) in [5.74, 6) is -0.745. The van der Waals surface area contributed by atoms with Gasteiger partial charge in [0.2, 0.25) is 5.91 Å². The number of hydrogen-bond donors (Lipinski definition) is 3. The first-order valence-electron chi connectivity index (χ1n) is 5.24. The van der Waals surface area contributed by atoms with Gasteiger partial charge in [-0.25, -0.2) is 5.48 Å². The highest BCUT2D eigenvalue weighted by Crippen LogP contribution is 2.01. The zero-order chi connectivity index (χ0) is 12.7. The summed E-state index contributed by atoms with van der Waals surface area (Å²) < 4.78 is 0. The van der Waals surface area contributed by atoms with Crippen LogP contribution < -0.4 is 10.8 Å². The van der Waals surface area contributed by atoms with Gasteiger partial charge < -0.3 is 5.32 Å². The molecule has 6 nitrogen and oxygen atoms in total. The first kappa shape index (κ1) is 13.1. The molecule has 17 heavy (non-hydrogen) atoms. The molecule has 6 heteroatoms. The van der Waals surface area contributed by atoms with Crippen LogP contribution in [0.4, 0.5) is 0 Å². The molecule has 0 saturated heterocycles. The van der Waals surface area contributed by atoms with Crippen LogP contribution in [0.1, 0.15) is 23.7 Å². The van der Waals surface area contributed by atoms with E-state index in [0.717, 1.165) is 0 Å². The van der Waals surface area contributed by atoms with Crippen molar-refractivity contribution in [3.05, 3.63) is 30.1 Å². The molecule has 1 unspecified atom stereocenters. The SMILES string of the molecule is CC(CNC(=O)c1cccnc1)CC(=O)NO. The predicted octanol–water partition coefficient (Wildman–Crippen LogP) is 0.343. The summed E-state index contributed by atoms with van der Waals surface area (Å²) in [5, 5.41) is 11.0. The second-order valence-electron chi connectivity index (χ2n) is 3.80. The van der Waals surface area contributed by atoms with Crippen LogP contribution in [0.2, 0.25) is 0 Å². The lowest BCUT2D eigenvalue weighted by Crippen LogP contribution is -2.31. The van der Waals surface area contributed by atoms with Crippen LogP contribution in [0.5, 0.6) is 0 Å². The van der Waals surface area contributed by atoms with Crippen molar-refractivity contribution in [1.29, 1.82) is 0 Å². The highest BCUT2D eigenvalue weighted by Gasteiger charge is 2.10. The standard InChI is InChI=1S/C11H15N3O3/c1-8(5-10(15)14-17)6-13-11(16)9-3-2-4-12-7-9/h2-4,7-8,17H,5-6H2,1H3,(H,13,16)(H,14,15). The molecule has 2 amide bonds. The Hall–Kier alpha value is -1.95. The van der Waals surface area contributed by atoms with Gasteiger partial charge in [0.25, 0.3) is 5.91 Å². The van der Waals surface area contributed by atoms with Gasteiger partial charge >= 0.3 is 0 Å². The molecule has 0 bridgehead atoms. The van der Waals surface area contributed by atoms with E-state index in [-0.39, 0.29) is 18.2 Å². The molecule has 1 aromatic rings. The van der Waals surface area contributed by atoms with Gasteiger partial charge in [0.15, 0.2) is 0 Å². The Morgan fingerprint density at radius 2 is 2.29 bits per heavy atom. The number of amides is 2. The van der Waals surface area contributed by atoms with Crippen molar-refractivity contribution in [2.75, 3.05) is 6.54 Å².